The smallest absolute Gasteiger partial charge is 0.264 e. The Labute approximate surface area is 125 Å². The molecular formula is C12H14ClFN6O. The number of nitrogens with one attached hydrogen (secondary N) is 1. The molecule has 2 heterocycles. The predicted octanol–water partition coefficient (Wildman–Crippen LogP) is 1.60. The molecule has 1 N–H and O–H groups in total. The molecule has 2 aromatic heterocycles. The number of aromatic nitrogens is 4. The molecule has 1 amide bonds. The van der Waals surface area contributed by atoms with Crippen LogP contribution in [0, 0.1) is 5.95 Å². The lowest BCUT2D eigenvalue weighted by Gasteiger charge is -2.09. The van der Waals surface area contributed by atoms with Crippen LogP contribution in [0.3, 0.4) is 0 Å². The Morgan fingerprint density at radius 1 is 1.57 bits per heavy atom. The number of hydrazone groups is 1. The fourth-order valence-corrected chi connectivity index (χ4v) is 1.74. The summed E-state index contributed by atoms with van der Waals surface area (Å²) in [4.78, 5) is 11.8. The van der Waals surface area contributed by atoms with Gasteiger partial charge in [0, 0.05) is 12.7 Å². The zero-order chi connectivity index (χ0) is 15.4. The number of amides is 1. The molecule has 0 aliphatic heterocycles. The largest absolute Gasteiger partial charge is 0.271 e. The van der Waals surface area contributed by atoms with Crippen molar-refractivity contribution < 1.29 is 9.18 Å². The van der Waals surface area contributed by atoms with Crippen LogP contribution in [0.5, 0.6) is 0 Å². The van der Waals surface area contributed by atoms with Gasteiger partial charge in [0.15, 0.2) is 0 Å². The predicted molar refractivity (Wildman–Crippen MR) is 75.5 cm³/mol. The number of rotatable bonds is 5. The van der Waals surface area contributed by atoms with Crippen molar-refractivity contribution in [2.24, 2.45) is 5.10 Å². The second-order valence-corrected chi connectivity index (χ2v) is 4.69. The number of carbonyl (C=O) groups excluding carboxylic acids is 1. The normalized spacial score (nSPS) is 12.8. The van der Waals surface area contributed by atoms with Gasteiger partial charge >= 0.3 is 0 Å². The minimum atomic E-state index is -0.585. The molecule has 0 bridgehead atoms. The minimum Gasteiger partial charge on any atom is -0.271 e. The van der Waals surface area contributed by atoms with Crippen LogP contribution in [0.2, 0.25) is 5.02 Å². The Morgan fingerprint density at radius 3 is 2.90 bits per heavy atom. The van der Waals surface area contributed by atoms with Gasteiger partial charge in [0.05, 0.1) is 29.2 Å². The second kappa shape index (κ2) is 6.49. The molecule has 0 radical (unpaired) electrons. The molecule has 2 aromatic rings. The molecule has 7 nitrogen and oxygen atoms in total. The van der Waals surface area contributed by atoms with Gasteiger partial charge in [-0.05, 0) is 13.8 Å². The zero-order valence-electron chi connectivity index (χ0n) is 11.5. The maximum atomic E-state index is 13.7. The zero-order valence-corrected chi connectivity index (χ0v) is 12.3. The highest BCUT2D eigenvalue weighted by molar-refractivity contribution is 6.30. The third-order valence-corrected chi connectivity index (χ3v) is 3.02. The van der Waals surface area contributed by atoms with Crippen LogP contribution in [0.25, 0.3) is 0 Å². The van der Waals surface area contributed by atoms with Crippen LogP contribution in [0.1, 0.15) is 25.5 Å². The summed E-state index contributed by atoms with van der Waals surface area (Å²) in [6.45, 7) is 3.84. The van der Waals surface area contributed by atoms with Gasteiger partial charge < -0.3 is 0 Å². The number of hydrogen-bond donors (Lipinski definition) is 1. The molecule has 0 aliphatic carbocycles. The van der Waals surface area contributed by atoms with Crippen LogP contribution in [-0.4, -0.2) is 31.7 Å². The summed E-state index contributed by atoms with van der Waals surface area (Å²) in [5.74, 6) is -0.892. The summed E-state index contributed by atoms with van der Waals surface area (Å²) in [6.07, 6.45) is 5.50. The van der Waals surface area contributed by atoms with Crippen molar-refractivity contribution in [1.82, 2.24) is 25.0 Å². The van der Waals surface area contributed by atoms with Gasteiger partial charge in [-0.15, -0.1) is 0 Å². The van der Waals surface area contributed by atoms with E-state index in [0.717, 1.165) is 0 Å². The van der Waals surface area contributed by atoms with Gasteiger partial charge in [0.25, 0.3) is 5.91 Å². The fourth-order valence-electron chi connectivity index (χ4n) is 1.60. The average Bonchev–Trinajstić information content (AvgIpc) is 3.05. The van der Waals surface area contributed by atoms with Crippen molar-refractivity contribution in [3.8, 4) is 0 Å². The topological polar surface area (TPSA) is 77.1 Å². The third-order valence-electron chi connectivity index (χ3n) is 2.83. The molecular weight excluding hydrogens is 299 g/mol. The highest BCUT2D eigenvalue weighted by atomic mass is 35.5. The summed E-state index contributed by atoms with van der Waals surface area (Å²) in [6, 6.07) is -0.585. The van der Waals surface area contributed by atoms with E-state index in [-0.39, 0.29) is 5.56 Å². The first kappa shape index (κ1) is 15.2. The summed E-state index contributed by atoms with van der Waals surface area (Å²) >= 11 is 5.73. The van der Waals surface area contributed by atoms with Crippen molar-refractivity contribution >= 4 is 23.7 Å². The minimum absolute atomic E-state index is 0.201. The van der Waals surface area contributed by atoms with Crippen molar-refractivity contribution in [2.75, 3.05) is 0 Å². The maximum absolute atomic E-state index is 13.7. The Bertz CT molecular complexity index is 665. The SMILES string of the molecule is CCn1ncc(/C=N\NC(=O)[C@@H](C)n2cc(Cl)cn2)c1F. The third kappa shape index (κ3) is 3.46. The lowest BCUT2D eigenvalue weighted by Crippen LogP contribution is -2.27. The highest BCUT2D eigenvalue weighted by Crippen LogP contribution is 2.10. The van der Waals surface area contributed by atoms with Crippen molar-refractivity contribution in [3.63, 3.8) is 0 Å². The molecule has 0 spiro atoms. The van der Waals surface area contributed by atoms with E-state index in [2.05, 4.69) is 20.7 Å². The van der Waals surface area contributed by atoms with E-state index in [1.54, 1.807) is 13.8 Å². The summed E-state index contributed by atoms with van der Waals surface area (Å²) in [5.41, 5.74) is 2.52. The van der Waals surface area contributed by atoms with E-state index >= 15 is 0 Å². The molecule has 1 atom stereocenters. The summed E-state index contributed by atoms with van der Waals surface area (Å²) in [7, 11) is 0. The number of aryl methyl sites for hydroxylation is 1. The number of nitrogens with zero attached hydrogens (tertiary/aromatic N) is 5. The fraction of sp³-hybridized carbons (Fsp3) is 0.333. The van der Waals surface area contributed by atoms with E-state index in [0.29, 0.717) is 11.6 Å². The molecule has 0 fully saturated rings. The average molecular weight is 313 g/mol. The van der Waals surface area contributed by atoms with Crippen LogP contribution in [0.4, 0.5) is 4.39 Å². The molecule has 0 unspecified atom stereocenters. The van der Waals surface area contributed by atoms with Gasteiger partial charge in [-0.25, -0.2) is 10.1 Å². The Hall–Kier alpha value is -2.22. The number of halogens is 2. The number of hydrogen-bond acceptors (Lipinski definition) is 4. The van der Waals surface area contributed by atoms with E-state index < -0.39 is 17.9 Å². The first-order valence-electron chi connectivity index (χ1n) is 6.26. The van der Waals surface area contributed by atoms with Crippen molar-refractivity contribution in [1.29, 1.82) is 0 Å². The number of carbonyl (C=O) groups is 1. The van der Waals surface area contributed by atoms with Crippen LogP contribution in [0.15, 0.2) is 23.7 Å². The molecule has 0 aliphatic rings. The Morgan fingerprint density at radius 2 is 2.33 bits per heavy atom. The maximum Gasteiger partial charge on any atom is 0.264 e. The Balaban J connectivity index is 1.97. The van der Waals surface area contributed by atoms with Crippen LogP contribution in [-0.2, 0) is 11.3 Å². The molecule has 2 rings (SSSR count). The quantitative estimate of drug-likeness (QED) is 0.673. The molecule has 0 saturated carbocycles. The first-order valence-corrected chi connectivity index (χ1v) is 6.64. The van der Waals surface area contributed by atoms with Gasteiger partial charge in [0.2, 0.25) is 5.95 Å². The van der Waals surface area contributed by atoms with E-state index in [9.17, 15) is 9.18 Å². The molecule has 112 valence electrons. The standard InChI is InChI=1S/C12H14ClFN6O/c1-3-19-11(14)9(5-16-19)4-15-18-12(21)8(2)20-7-10(13)6-17-20/h4-8H,3H2,1-2H3,(H,18,21)/b15-4-/t8-/m1/s1. The molecule has 21 heavy (non-hydrogen) atoms. The highest BCUT2D eigenvalue weighted by Gasteiger charge is 2.15. The lowest BCUT2D eigenvalue weighted by atomic mass is 10.3. The van der Waals surface area contributed by atoms with Gasteiger partial charge in [-0.2, -0.15) is 19.7 Å². The van der Waals surface area contributed by atoms with E-state index in [1.807, 2.05) is 0 Å². The first-order chi connectivity index (χ1) is 10.0. The molecule has 0 saturated heterocycles. The Kier molecular flexibility index (Phi) is 4.69. The molecule has 9 heteroatoms. The van der Waals surface area contributed by atoms with Crippen molar-refractivity contribution in [2.45, 2.75) is 26.4 Å². The van der Waals surface area contributed by atoms with Gasteiger partial charge in [0.1, 0.15) is 6.04 Å². The van der Waals surface area contributed by atoms with Crippen LogP contribution < -0.4 is 5.43 Å². The molecule has 0 aromatic carbocycles. The van der Waals surface area contributed by atoms with E-state index in [4.69, 9.17) is 11.6 Å². The monoisotopic (exact) mass is 312 g/mol. The van der Waals surface area contributed by atoms with E-state index in [1.165, 1.54) is 34.2 Å². The van der Waals surface area contributed by atoms with Gasteiger partial charge in [-0.3, -0.25) is 9.48 Å². The van der Waals surface area contributed by atoms with Crippen molar-refractivity contribution in [3.05, 3.63) is 35.1 Å². The van der Waals surface area contributed by atoms with Gasteiger partial charge in [-0.1, -0.05) is 11.6 Å². The second-order valence-electron chi connectivity index (χ2n) is 4.26. The summed E-state index contributed by atoms with van der Waals surface area (Å²) in [5, 5.41) is 11.9. The van der Waals surface area contributed by atoms with Crippen LogP contribution >= 0.6 is 11.6 Å². The summed E-state index contributed by atoms with van der Waals surface area (Å²) < 4.78 is 16.2. The lowest BCUT2D eigenvalue weighted by molar-refractivity contribution is -0.124.